The first-order valence-corrected chi connectivity index (χ1v) is 8.17. The van der Waals surface area contributed by atoms with Crippen molar-refractivity contribution in [2.75, 3.05) is 13.6 Å². The summed E-state index contributed by atoms with van der Waals surface area (Å²) in [6.45, 7) is 2.41. The SMILES string of the molecule is CCc1cc2c(=O)n(CCC(=O)N(C)CCC(=O)O)cnc2s1. The van der Waals surface area contributed by atoms with Gasteiger partial charge in [-0.2, -0.15) is 0 Å². The number of amides is 1. The summed E-state index contributed by atoms with van der Waals surface area (Å²) in [5.74, 6) is -1.14. The molecule has 2 rings (SSSR count). The van der Waals surface area contributed by atoms with Gasteiger partial charge in [0.15, 0.2) is 0 Å². The Morgan fingerprint density at radius 2 is 2.13 bits per heavy atom. The molecule has 0 fully saturated rings. The van der Waals surface area contributed by atoms with E-state index in [0.717, 1.165) is 11.3 Å². The summed E-state index contributed by atoms with van der Waals surface area (Å²) in [6, 6.07) is 1.85. The van der Waals surface area contributed by atoms with E-state index in [1.165, 1.54) is 27.1 Å². The minimum atomic E-state index is -0.945. The molecule has 7 nitrogen and oxygen atoms in total. The molecule has 0 aromatic carbocycles. The molecular formula is C15H19N3O4S. The number of aromatic nitrogens is 2. The minimum absolute atomic E-state index is 0.0929. The first kappa shape index (κ1) is 17.1. The number of fused-ring (bicyclic) bond motifs is 1. The molecule has 124 valence electrons. The van der Waals surface area contributed by atoms with Crippen molar-refractivity contribution in [3.63, 3.8) is 0 Å². The number of aliphatic carboxylic acids is 1. The molecule has 2 aromatic heterocycles. The second-order valence-corrected chi connectivity index (χ2v) is 6.35. The van der Waals surface area contributed by atoms with E-state index in [1.807, 2.05) is 13.0 Å². The number of carboxylic acid groups (broad SMARTS) is 1. The lowest BCUT2D eigenvalue weighted by molar-refractivity contribution is -0.138. The highest BCUT2D eigenvalue weighted by Crippen LogP contribution is 2.20. The van der Waals surface area contributed by atoms with E-state index >= 15 is 0 Å². The van der Waals surface area contributed by atoms with Crippen LogP contribution in [0.5, 0.6) is 0 Å². The van der Waals surface area contributed by atoms with Gasteiger partial charge >= 0.3 is 5.97 Å². The Hall–Kier alpha value is -2.22. The van der Waals surface area contributed by atoms with Gasteiger partial charge in [0.05, 0.1) is 18.1 Å². The third-order valence-corrected chi connectivity index (χ3v) is 4.76. The van der Waals surface area contributed by atoms with Crippen molar-refractivity contribution in [2.24, 2.45) is 0 Å². The third kappa shape index (κ3) is 4.16. The van der Waals surface area contributed by atoms with E-state index < -0.39 is 5.97 Å². The summed E-state index contributed by atoms with van der Waals surface area (Å²) in [4.78, 5) is 42.3. The molecule has 0 bridgehead atoms. The molecule has 0 radical (unpaired) electrons. The summed E-state index contributed by atoms with van der Waals surface area (Å²) in [5.41, 5.74) is -0.146. The second-order valence-electron chi connectivity index (χ2n) is 5.24. The summed E-state index contributed by atoms with van der Waals surface area (Å²) in [5, 5.41) is 9.20. The summed E-state index contributed by atoms with van der Waals surface area (Å²) in [6.07, 6.45) is 2.36. The zero-order chi connectivity index (χ0) is 17.0. The Morgan fingerprint density at radius 1 is 1.39 bits per heavy atom. The Morgan fingerprint density at radius 3 is 2.78 bits per heavy atom. The van der Waals surface area contributed by atoms with Gasteiger partial charge in [-0.25, -0.2) is 4.98 Å². The van der Waals surface area contributed by atoms with Crippen molar-refractivity contribution in [3.8, 4) is 0 Å². The lowest BCUT2D eigenvalue weighted by atomic mass is 10.3. The van der Waals surface area contributed by atoms with E-state index in [0.29, 0.717) is 10.2 Å². The second kappa shape index (κ2) is 7.36. The molecule has 2 heterocycles. The van der Waals surface area contributed by atoms with Gasteiger partial charge in [-0.3, -0.25) is 19.0 Å². The number of hydrogen-bond acceptors (Lipinski definition) is 5. The number of rotatable bonds is 7. The lowest BCUT2D eigenvalue weighted by Crippen LogP contribution is -2.31. The normalized spacial score (nSPS) is 10.9. The maximum Gasteiger partial charge on any atom is 0.305 e. The molecular weight excluding hydrogens is 318 g/mol. The van der Waals surface area contributed by atoms with Gasteiger partial charge in [0, 0.05) is 31.4 Å². The molecule has 0 atom stereocenters. The van der Waals surface area contributed by atoms with Gasteiger partial charge in [-0.05, 0) is 12.5 Å². The van der Waals surface area contributed by atoms with E-state index in [9.17, 15) is 14.4 Å². The summed E-state index contributed by atoms with van der Waals surface area (Å²) >= 11 is 1.50. The predicted octanol–water partition coefficient (Wildman–Crippen LogP) is 1.34. The van der Waals surface area contributed by atoms with Crippen LogP contribution in [0.4, 0.5) is 0 Å². The molecule has 8 heteroatoms. The van der Waals surface area contributed by atoms with Crippen LogP contribution in [0.25, 0.3) is 10.2 Å². The maximum absolute atomic E-state index is 12.4. The number of carbonyl (C=O) groups is 2. The number of carboxylic acids is 1. The van der Waals surface area contributed by atoms with Crippen LogP contribution in [0.2, 0.25) is 0 Å². The maximum atomic E-state index is 12.4. The Kier molecular flexibility index (Phi) is 5.49. The summed E-state index contributed by atoms with van der Waals surface area (Å²) < 4.78 is 1.43. The van der Waals surface area contributed by atoms with Gasteiger partial charge in [0.25, 0.3) is 5.56 Å². The monoisotopic (exact) mass is 337 g/mol. The first-order valence-electron chi connectivity index (χ1n) is 7.36. The number of carbonyl (C=O) groups excluding carboxylic acids is 1. The molecule has 0 aliphatic heterocycles. The third-order valence-electron chi connectivity index (χ3n) is 3.57. The molecule has 0 saturated carbocycles. The predicted molar refractivity (Wildman–Crippen MR) is 87.8 cm³/mol. The molecule has 1 amide bonds. The number of thiophene rings is 1. The van der Waals surface area contributed by atoms with Gasteiger partial charge in [-0.15, -0.1) is 11.3 Å². The highest BCUT2D eigenvalue weighted by Gasteiger charge is 2.12. The van der Waals surface area contributed by atoms with Crippen molar-refractivity contribution >= 4 is 33.4 Å². The highest BCUT2D eigenvalue weighted by atomic mass is 32.1. The van der Waals surface area contributed by atoms with Crippen molar-refractivity contribution in [2.45, 2.75) is 32.7 Å². The lowest BCUT2D eigenvalue weighted by Gasteiger charge is -2.16. The molecule has 0 spiro atoms. The number of nitrogens with zero attached hydrogens (tertiary/aromatic N) is 3. The minimum Gasteiger partial charge on any atom is -0.481 e. The highest BCUT2D eigenvalue weighted by molar-refractivity contribution is 7.18. The van der Waals surface area contributed by atoms with Crippen molar-refractivity contribution < 1.29 is 14.7 Å². The average Bonchev–Trinajstić information content (AvgIpc) is 2.95. The topological polar surface area (TPSA) is 92.5 Å². The van der Waals surface area contributed by atoms with Crippen LogP contribution in [0.3, 0.4) is 0 Å². The van der Waals surface area contributed by atoms with Gasteiger partial charge in [0.1, 0.15) is 4.83 Å². The fourth-order valence-corrected chi connectivity index (χ4v) is 3.06. The van der Waals surface area contributed by atoms with Crippen LogP contribution in [0.1, 0.15) is 24.6 Å². The van der Waals surface area contributed by atoms with Crippen molar-refractivity contribution in [1.29, 1.82) is 0 Å². The van der Waals surface area contributed by atoms with E-state index in [2.05, 4.69) is 4.98 Å². The number of hydrogen-bond donors (Lipinski definition) is 1. The Bertz CT molecular complexity index is 781. The molecule has 0 saturated heterocycles. The number of aryl methyl sites for hydroxylation is 2. The van der Waals surface area contributed by atoms with Crippen LogP contribution in [-0.4, -0.2) is 45.0 Å². The van der Waals surface area contributed by atoms with Crippen LogP contribution in [0, 0.1) is 0 Å². The van der Waals surface area contributed by atoms with E-state index in [4.69, 9.17) is 5.11 Å². The van der Waals surface area contributed by atoms with Crippen LogP contribution in [0.15, 0.2) is 17.2 Å². The zero-order valence-corrected chi connectivity index (χ0v) is 13.9. The van der Waals surface area contributed by atoms with Crippen molar-refractivity contribution in [3.05, 3.63) is 27.6 Å². The standard InChI is InChI=1S/C15H19N3O4S/c1-3-10-8-11-14(23-10)16-9-18(15(11)22)7-4-12(19)17(2)6-5-13(20)21/h8-9H,3-7H2,1-2H3,(H,20,21). The van der Waals surface area contributed by atoms with Gasteiger partial charge in [-0.1, -0.05) is 6.92 Å². The van der Waals surface area contributed by atoms with Crippen LogP contribution < -0.4 is 5.56 Å². The molecule has 0 unspecified atom stereocenters. The largest absolute Gasteiger partial charge is 0.481 e. The Balaban J connectivity index is 2.04. The molecule has 1 N–H and O–H groups in total. The first-order chi connectivity index (χ1) is 10.9. The average molecular weight is 337 g/mol. The molecule has 0 aliphatic carbocycles. The zero-order valence-electron chi connectivity index (χ0n) is 13.1. The molecule has 0 aliphatic rings. The quantitative estimate of drug-likeness (QED) is 0.823. The molecule has 23 heavy (non-hydrogen) atoms. The van der Waals surface area contributed by atoms with Gasteiger partial charge < -0.3 is 10.0 Å². The molecule has 2 aromatic rings. The smallest absolute Gasteiger partial charge is 0.305 e. The van der Waals surface area contributed by atoms with E-state index in [1.54, 1.807) is 7.05 Å². The van der Waals surface area contributed by atoms with Gasteiger partial charge in [0.2, 0.25) is 5.91 Å². The van der Waals surface area contributed by atoms with E-state index in [-0.39, 0.29) is 37.4 Å². The van der Waals surface area contributed by atoms with Crippen LogP contribution in [-0.2, 0) is 22.6 Å². The van der Waals surface area contributed by atoms with Crippen LogP contribution >= 0.6 is 11.3 Å². The van der Waals surface area contributed by atoms with Crippen molar-refractivity contribution in [1.82, 2.24) is 14.5 Å². The summed E-state index contributed by atoms with van der Waals surface area (Å²) in [7, 11) is 1.56. The Labute approximate surface area is 137 Å². The fourth-order valence-electron chi connectivity index (χ4n) is 2.14. The fraction of sp³-hybridized carbons (Fsp3) is 0.467.